The van der Waals surface area contributed by atoms with Crippen molar-refractivity contribution in [1.82, 2.24) is 0 Å². The molecule has 0 bridgehead atoms. The van der Waals surface area contributed by atoms with Gasteiger partial charge in [-0.05, 0) is 43.0 Å². The van der Waals surface area contributed by atoms with Crippen molar-refractivity contribution in [2.45, 2.75) is 18.6 Å². The van der Waals surface area contributed by atoms with Crippen molar-refractivity contribution in [3.63, 3.8) is 0 Å². The summed E-state index contributed by atoms with van der Waals surface area (Å²) in [6.45, 7) is 2.38. The highest BCUT2D eigenvalue weighted by atomic mass is 32.2. The van der Waals surface area contributed by atoms with Crippen molar-refractivity contribution in [2.24, 2.45) is 0 Å². The van der Waals surface area contributed by atoms with Gasteiger partial charge in [-0.15, -0.1) is 0 Å². The zero-order chi connectivity index (χ0) is 14.7. The van der Waals surface area contributed by atoms with E-state index in [-0.39, 0.29) is 6.42 Å². The lowest BCUT2D eigenvalue weighted by atomic mass is 10.2. The Morgan fingerprint density at radius 3 is 2.55 bits per heavy atom. The first-order chi connectivity index (χ1) is 9.52. The van der Waals surface area contributed by atoms with Crippen LogP contribution >= 0.6 is 11.8 Å². The number of anilines is 1. The average molecular weight is 295 g/mol. The van der Waals surface area contributed by atoms with Crippen LogP contribution in [0, 0.1) is 0 Å². The van der Waals surface area contributed by atoms with Gasteiger partial charge in [0.1, 0.15) is 11.0 Å². The summed E-state index contributed by atoms with van der Waals surface area (Å²) in [5, 5.41) is 7.41. The monoisotopic (exact) mass is 295 g/mol. The number of carbonyl (C=O) groups is 3. The fourth-order valence-corrected chi connectivity index (χ4v) is 2.81. The second-order valence-electron chi connectivity index (χ2n) is 4.07. The van der Waals surface area contributed by atoms with Crippen LogP contribution in [0.5, 0.6) is 5.75 Å². The van der Waals surface area contributed by atoms with E-state index in [4.69, 9.17) is 9.84 Å². The highest BCUT2D eigenvalue weighted by Gasteiger charge is 2.41. The number of benzene rings is 1. The van der Waals surface area contributed by atoms with Crippen molar-refractivity contribution >= 4 is 34.6 Å². The van der Waals surface area contributed by atoms with Crippen molar-refractivity contribution in [3.05, 3.63) is 24.3 Å². The molecule has 7 heteroatoms. The van der Waals surface area contributed by atoms with E-state index in [2.05, 4.69) is 0 Å². The van der Waals surface area contributed by atoms with Gasteiger partial charge < -0.3 is 9.84 Å². The van der Waals surface area contributed by atoms with Crippen molar-refractivity contribution in [3.8, 4) is 5.75 Å². The molecule has 1 aliphatic rings. The molecule has 106 valence electrons. The number of imide groups is 1. The van der Waals surface area contributed by atoms with Crippen LogP contribution in [0.4, 0.5) is 10.5 Å². The fraction of sp³-hybridized carbons (Fsp3) is 0.308. The highest BCUT2D eigenvalue weighted by molar-refractivity contribution is 8.15. The third kappa shape index (κ3) is 2.93. The Balaban J connectivity index is 2.17. The Bertz CT molecular complexity index is 542. The maximum atomic E-state index is 12.1. The second-order valence-corrected chi connectivity index (χ2v) is 5.22. The van der Waals surface area contributed by atoms with Crippen LogP contribution in [0.15, 0.2) is 24.3 Å². The predicted octanol–water partition coefficient (Wildman–Crippen LogP) is 2.13. The van der Waals surface area contributed by atoms with Gasteiger partial charge in [0.15, 0.2) is 0 Å². The normalized spacial score (nSPS) is 18.4. The summed E-state index contributed by atoms with van der Waals surface area (Å²) >= 11 is 0.745. The molecular weight excluding hydrogens is 282 g/mol. The molecule has 2 amide bonds. The summed E-state index contributed by atoms with van der Waals surface area (Å²) in [4.78, 5) is 35.5. The van der Waals surface area contributed by atoms with E-state index in [1.54, 1.807) is 24.3 Å². The van der Waals surface area contributed by atoms with Crippen LogP contribution in [0.1, 0.15) is 13.3 Å². The number of ether oxygens (including phenoxy) is 1. The molecule has 1 N–H and O–H groups in total. The average Bonchev–Trinajstić information content (AvgIpc) is 2.65. The molecule has 1 saturated heterocycles. The van der Waals surface area contributed by atoms with Gasteiger partial charge >= 0.3 is 5.97 Å². The largest absolute Gasteiger partial charge is 0.494 e. The first-order valence-electron chi connectivity index (χ1n) is 6.02. The number of nitrogens with zero attached hydrogens (tertiary/aromatic N) is 1. The predicted molar refractivity (Wildman–Crippen MR) is 74.1 cm³/mol. The first kappa shape index (κ1) is 14.4. The molecule has 0 radical (unpaired) electrons. The summed E-state index contributed by atoms with van der Waals surface area (Å²) in [6, 6.07) is 6.53. The van der Waals surface area contributed by atoms with Gasteiger partial charge in [-0.3, -0.25) is 14.4 Å². The number of carboxylic acid groups (broad SMARTS) is 1. The van der Waals surface area contributed by atoms with E-state index in [0.29, 0.717) is 18.0 Å². The molecule has 1 fully saturated rings. The third-order valence-electron chi connectivity index (χ3n) is 2.69. The molecule has 20 heavy (non-hydrogen) atoms. The number of amides is 2. The van der Waals surface area contributed by atoms with Gasteiger partial charge in [-0.1, -0.05) is 0 Å². The number of hydrogen-bond donors (Lipinski definition) is 1. The fourth-order valence-electron chi connectivity index (χ4n) is 1.84. The van der Waals surface area contributed by atoms with E-state index in [0.717, 1.165) is 16.7 Å². The SMILES string of the molecule is CCOc1ccc(N2C(=O)S[C@H](CC(=O)O)C2=O)cc1. The molecule has 1 aliphatic heterocycles. The quantitative estimate of drug-likeness (QED) is 0.895. The molecule has 2 rings (SSSR count). The minimum Gasteiger partial charge on any atom is -0.494 e. The molecule has 0 saturated carbocycles. The number of hydrogen-bond acceptors (Lipinski definition) is 5. The van der Waals surface area contributed by atoms with E-state index >= 15 is 0 Å². The van der Waals surface area contributed by atoms with Crippen LogP contribution in [0.3, 0.4) is 0 Å². The lowest BCUT2D eigenvalue weighted by molar-refractivity contribution is -0.138. The molecule has 0 aromatic heterocycles. The summed E-state index contributed by atoms with van der Waals surface area (Å²) in [5.41, 5.74) is 0.420. The molecule has 0 unspecified atom stereocenters. The van der Waals surface area contributed by atoms with Gasteiger partial charge in [-0.2, -0.15) is 0 Å². The Labute approximate surface area is 119 Å². The van der Waals surface area contributed by atoms with Gasteiger partial charge in [0.2, 0.25) is 5.91 Å². The molecular formula is C13H13NO5S. The Hall–Kier alpha value is -2.02. The third-order valence-corrected chi connectivity index (χ3v) is 3.72. The zero-order valence-electron chi connectivity index (χ0n) is 10.7. The van der Waals surface area contributed by atoms with E-state index in [1.807, 2.05) is 6.92 Å². The maximum absolute atomic E-state index is 12.1. The molecule has 1 atom stereocenters. The number of thioether (sulfide) groups is 1. The minimum atomic E-state index is -1.10. The standard InChI is InChI=1S/C13H13NO5S/c1-2-19-9-5-3-8(4-6-9)14-12(17)10(7-11(15)16)20-13(14)18/h3-6,10H,2,7H2,1H3,(H,15,16)/t10-/m1/s1. The highest BCUT2D eigenvalue weighted by Crippen LogP contribution is 2.33. The van der Waals surface area contributed by atoms with Crippen LogP contribution in [-0.4, -0.2) is 34.1 Å². The van der Waals surface area contributed by atoms with Crippen LogP contribution in [-0.2, 0) is 9.59 Å². The topological polar surface area (TPSA) is 83.9 Å². The molecule has 1 aromatic carbocycles. The molecule has 1 heterocycles. The minimum absolute atomic E-state index is 0.358. The maximum Gasteiger partial charge on any atom is 0.305 e. The van der Waals surface area contributed by atoms with E-state index in [9.17, 15) is 14.4 Å². The van der Waals surface area contributed by atoms with E-state index in [1.165, 1.54) is 0 Å². The number of rotatable bonds is 5. The summed E-state index contributed by atoms with van der Waals surface area (Å²) in [5.74, 6) is -0.950. The smallest absolute Gasteiger partial charge is 0.305 e. The number of carboxylic acids is 1. The molecule has 1 aromatic rings. The van der Waals surface area contributed by atoms with Crippen LogP contribution < -0.4 is 9.64 Å². The Morgan fingerprint density at radius 1 is 1.35 bits per heavy atom. The summed E-state index contributed by atoms with van der Waals surface area (Å²) < 4.78 is 5.28. The van der Waals surface area contributed by atoms with Crippen LogP contribution in [0.2, 0.25) is 0 Å². The number of carbonyl (C=O) groups excluding carboxylic acids is 2. The number of aliphatic carboxylic acids is 1. The van der Waals surface area contributed by atoms with Crippen molar-refractivity contribution in [1.29, 1.82) is 0 Å². The van der Waals surface area contributed by atoms with Crippen molar-refractivity contribution < 1.29 is 24.2 Å². The van der Waals surface area contributed by atoms with E-state index < -0.39 is 22.4 Å². The Morgan fingerprint density at radius 2 is 2.00 bits per heavy atom. The summed E-state index contributed by atoms with van der Waals surface area (Å²) in [6.07, 6.45) is -0.358. The second kappa shape index (κ2) is 5.96. The lowest BCUT2D eigenvalue weighted by Crippen LogP contribution is -2.32. The van der Waals surface area contributed by atoms with Gasteiger partial charge in [0.25, 0.3) is 5.24 Å². The molecule has 0 spiro atoms. The molecule has 6 nitrogen and oxygen atoms in total. The zero-order valence-corrected chi connectivity index (χ0v) is 11.6. The van der Waals surface area contributed by atoms with Gasteiger partial charge in [-0.25, -0.2) is 4.90 Å². The molecule has 0 aliphatic carbocycles. The van der Waals surface area contributed by atoms with Gasteiger partial charge in [0.05, 0.1) is 18.7 Å². The van der Waals surface area contributed by atoms with Gasteiger partial charge in [0, 0.05) is 0 Å². The Kier molecular flexibility index (Phi) is 4.29. The van der Waals surface area contributed by atoms with Crippen LogP contribution in [0.25, 0.3) is 0 Å². The lowest BCUT2D eigenvalue weighted by Gasteiger charge is -2.14. The summed E-state index contributed by atoms with van der Waals surface area (Å²) in [7, 11) is 0. The van der Waals surface area contributed by atoms with Crippen molar-refractivity contribution in [2.75, 3.05) is 11.5 Å². The first-order valence-corrected chi connectivity index (χ1v) is 6.90.